The van der Waals surface area contributed by atoms with Crippen molar-refractivity contribution in [2.24, 2.45) is 0 Å². The summed E-state index contributed by atoms with van der Waals surface area (Å²) in [5.74, 6) is 0.576. The topological polar surface area (TPSA) is 42.4 Å². The van der Waals surface area contributed by atoms with Gasteiger partial charge in [0, 0.05) is 5.02 Å². The molecule has 5 rings (SSSR count). The van der Waals surface area contributed by atoms with Crippen molar-refractivity contribution in [3.05, 3.63) is 89.4 Å². The van der Waals surface area contributed by atoms with Crippen LogP contribution in [0.15, 0.2) is 78.9 Å². The van der Waals surface area contributed by atoms with Gasteiger partial charge in [-0.2, -0.15) is 0 Å². The molecule has 6 heteroatoms. The Morgan fingerprint density at radius 3 is 2.39 bits per heavy atom. The van der Waals surface area contributed by atoms with E-state index in [0.29, 0.717) is 15.9 Å². The first-order valence-electron chi connectivity index (χ1n) is 8.86. The van der Waals surface area contributed by atoms with Crippen LogP contribution in [0.1, 0.15) is 11.6 Å². The summed E-state index contributed by atoms with van der Waals surface area (Å²) < 4.78 is 7.09. The lowest BCUT2D eigenvalue weighted by atomic mass is 9.91. The van der Waals surface area contributed by atoms with Crippen LogP contribution in [0, 0.1) is 0 Å². The van der Waals surface area contributed by atoms with Crippen molar-refractivity contribution in [3.63, 3.8) is 0 Å². The van der Waals surface area contributed by atoms with E-state index in [4.69, 9.17) is 16.3 Å². The molecule has 138 valence electrons. The Balaban J connectivity index is 1.53. The van der Waals surface area contributed by atoms with Gasteiger partial charge in [-0.1, -0.05) is 65.4 Å². The monoisotopic (exact) mass is 406 g/mol. The average molecular weight is 407 g/mol. The van der Waals surface area contributed by atoms with Crippen molar-refractivity contribution in [1.82, 2.24) is 4.98 Å². The van der Waals surface area contributed by atoms with Gasteiger partial charge in [0.1, 0.15) is 11.8 Å². The van der Waals surface area contributed by atoms with E-state index in [1.54, 1.807) is 4.90 Å². The van der Waals surface area contributed by atoms with E-state index in [0.717, 1.165) is 15.8 Å². The molecule has 1 fully saturated rings. The lowest BCUT2D eigenvalue weighted by Crippen LogP contribution is -2.61. The fourth-order valence-electron chi connectivity index (χ4n) is 3.38. The standard InChI is InChI=1S/C22H15ClN2O2S/c23-15-12-10-14(11-13-15)19-20(27-16-6-2-1-3-7-16)21(26)25(19)22-24-17-8-4-5-9-18(17)28-22/h1-13,19-20H. The Labute approximate surface area is 171 Å². The number of rotatable bonds is 4. The number of ether oxygens (including phenoxy) is 1. The number of para-hydroxylation sites is 2. The predicted octanol–water partition coefficient (Wildman–Crippen LogP) is 5.49. The van der Waals surface area contributed by atoms with E-state index >= 15 is 0 Å². The molecular weight excluding hydrogens is 392 g/mol. The van der Waals surface area contributed by atoms with Crippen molar-refractivity contribution in [3.8, 4) is 5.75 Å². The quantitative estimate of drug-likeness (QED) is 0.421. The van der Waals surface area contributed by atoms with Crippen LogP contribution >= 0.6 is 22.9 Å². The number of carbonyl (C=O) groups is 1. The number of benzene rings is 3. The molecule has 2 atom stereocenters. The highest BCUT2D eigenvalue weighted by atomic mass is 35.5. The lowest BCUT2D eigenvalue weighted by Gasteiger charge is -2.45. The number of nitrogens with zero attached hydrogens (tertiary/aromatic N) is 2. The minimum absolute atomic E-state index is 0.0946. The van der Waals surface area contributed by atoms with Gasteiger partial charge in [-0.3, -0.25) is 9.69 Å². The van der Waals surface area contributed by atoms with Gasteiger partial charge in [0.15, 0.2) is 5.13 Å². The van der Waals surface area contributed by atoms with Gasteiger partial charge in [-0.15, -0.1) is 0 Å². The van der Waals surface area contributed by atoms with Gasteiger partial charge in [0.05, 0.1) is 10.2 Å². The maximum absolute atomic E-state index is 13.0. The summed E-state index contributed by atoms with van der Waals surface area (Å²) in [6.45, 7) is 0. The third-order valence-corrected chi connectivity index (χ3v) is 6.04. The van der Waals surface area contributed by atoms with Crippen LogP contribution in [-0.2, 0) is 4.79 Å². The molecule has 3 aromatic carbocycles. The molecule has 4 aromatic rings. The van der Waals surface area contributed by atoms with Gasteiger partial charge in [0.25, 0.3) is 5.91 Å². The van der Waals surface area contributed by atoms with Gasteiger partial charge in [-0.25, -0.2) is 4.98 Å². The molecule has 1 aromatic heterocycles. The van der Waals surface area contributed by atoms with Crippen molar-refractivity contribution < 1.29 is 9.53 Å². The van der Waals surface area contributed by atoms with E-state index in [1.165, 1.54) is 11.3 Å². The second-order valence-electron chi connectivity index (χ2n) is 6.52. The van der Waals surface area contributed by atoms with Crippen LogP contribution in [0.4, 0.5) is 5.13 Å². The molecule has 28 heavy (non-hydrogen) atoms. The van der Waals surface area contributed by atoms with E-state index in [-0.39, 0.29) is 11.9 Å². The highest BCUT2D eigenvalue weighted by Gasteiger charge is 2.52. The molecule has 2 heterocycles. The van der Waals surface area contributed by atoms with E-state index in [9.17, 15) is 4.79 Å². The molecule has 0 bridgehead atoms. The van der Waals surface area contributed by atoms with Crippen molar-refractivity contribution >= 4 is 44.2 Å². The zero-order valence-corrected chi connectivity index (χ0v) is 16.2. The number of aromatic nitrogens is 1. The summed E-state index contributed by atoms with van der Waals surface area (Å²) in [6.07, 6.45) is -0.601. The Morgan fingerprint density at radius 2 is 1.64 bits per heavy atom. The first kappa shape index (κ1) is 17.2. The maximum Gasteiger partial charge on any atom is 0.273 e. The minimum atomic E-state index is -0.601. The average Bonchev–Trinajstić information content (AvgIpc) is 3.15. The predicted molar refractivity (Wildman–Crippen MR) is 112 cm³/mol. The normalized spacial score (nSPS) is 18.9. The molecule has 0 aliphatic carbocycles. The third kappa shape index (κ3) is 2.93. The van der Waals surface area contributed by atoms with Crippen LogP contribution in [-0.4, -0.2) is 17.0 Å². The van der Waals surface area contributed by atoms with Crippen LogP contribution < -0.4 is 9.64 Å². The first-order valence-corrected chi connectivity index (χ1v) is 10.1. The minimum Gasteiger partial charge on any atom is -0.478 e. The molecule has 1 amide bonds. The van der Waals surface area contributed by atoms with E-state index in [1.807, 2.05) is 78.9 Å². The summed E-state index contributed by atoms with van der Waals surface area (Å²) in [6, 6.07) is 24.5. The second-order valence-corrected chi connectivity index (χ2v) is 7.97. The Kier molecular flexibility index (Phi) is 4.26. The number of hydrogen-bond acceptors (Lipinski definition) is 4. The number of fused-ring (bicyclic) bond motifs is 1. The van der Waals surface area contributed by atoms with Crippen molar-refractivity contribution in [1.29, 1.82) is 0 Å². The van der Waals surface area contributed by atoms with Crippen LogP contribution in [0.2, 0.25) is 5.02 Å². The number of carbonyl (C=O) groups excluding carboxylic acids is 1. The molecule has 0 radical (unpaired) electrons. The zero-order chi connectivity index (χ0) is 19.1. The van der Waals surface area contributed by atoms with Crippen LogP contribution in [0.5, 0.6) is 5.75 Å². The number of halogens is 1. The SMILES string of the molecule is O=C1C(Oc2ccccc2)C(c2ccc(Cl)cc2)N1c1nc2ccccc2s1. The van der Waals surface area contributed by atoms with E-state index < -0.39 is 6.10 Å². The van der Waals surface area contributed by atoms with Gasteiger partial charge in [-0.05, 0) is 42.0 Å². The maximum atomic E-state index is 13.0. The fourth-order valence-corrected chi connectivity index (χ4v) is 4.52. The summed E-state index contributed by atoms with van der Waals surface area (Å²) in [5.41, 5.74) is 1.85. The third-order valence-electron chi connectivity index (χ3n) is 4.75. The van der Waals surface area contributed by atoms with Crippen molar-refractivity contribution in [2.75, 3.05) is 4.90 Å². The Hall–Kier alpha value is -2.89. The van der Waals surface area contributed by atoms with Crippen molar-refractivity contribution in [2.45, 2.75) is 12.1 Å². The number of thiazole rings is 1. The van der Waals surface area contributed by atoms with Crippen LogP contribution in [0.25, 0.3) is 10.2 Å². The molecule has 0 saturated carbocycles. The van der Waals surface area contributed by atoms with E-state index in [2.05, 4.69) is 4.98 Å². The molecular formula is C22H15ClN2O2S. The molecule has 4 nitrogen and oxygen atoms in total. The molecule has 1 aliphatic heterocycles. The van der Waals surface area contributed by atoms with Gasteiger partial charge >= 0.3 is 0 Å². The van der Waals surface area contributed by atoms with Gasteiger partial charge in [0.2, 0.25) is 6.10 Å². The summed E-state index contributed by atoms with van der Waals surface area (Å²) >= 11 is 7.56. The van der Waals surface area contributed by atoms with Crippen LogP contribution in [0.3, 0.4) is 0 Å². The molecule has 0 spiro atoms. The number of amides is 1. The molecule has 1 saturated heterocycles. The first-order chi connectivity index (χ1) is 13.7. The zero-order valence-electron chi connectivity index (χ0n) is 14.7. The number of anilines is 1. The second kappa shape index (κ2) is 6.93. The molecule has 1 aliphatic rings. The van der Waals surface area contributed by atoms with Gasteiger partial charge < -0.3 is 4.74 Å². The number of hydrogen-bond donors (Lipinski definition) is 0. The molecule has 0 N–H and O–H groups in total. The smallest absolute Gasteiger partial charge is 0.273 e. The number of β-lactam (4-membered cyclic amide) rings is 1. The highest BCUT2D eigenvalue weighted by Crippen LogP contribution is 2.44. The largest absolute Gasteiger partial charge is 0.478 e. The highest BCUT2D eigenvalue weighted by molar-refractivity contribution is 7.22. The fraction of sp³-hybridized carbons (Fsp3) is 0.0909. The lowest BCUT2D eigenvalue weighted by molar-refractivity contribution is -0.135. The summed E-state index contributed by atoms with van der Waals surface area (Å²) in [5, 5.41) is 1.33. The molecule has 2 unspecified atom stereocenters. The summed E-state index contributed by atoms with van der Waals surface area (Å²) in [7, 11) is 0. The Bertz CT molecular complexity index is 1110. The summed E-state index contributed by atoms with van der Waals surface area (Å²) in [4.78, 5) is 19.4. The Morgan fingerprint density at radius 1 is 0.929 bits per heavy atom.